The van der Waals surface area contributed by atoms with Crippen LogP contribution in [0.3, 0.4) is 0 Å². The number of morpholine rings is 1. The Hall–Kier alpha value is -3.04. The summed E-state index contributed by atoms with van der Waals surface area (Å²) in [5, 5.41) is 11.3. The summed E-state index contributed by atoms with van der Waals surface area (Å²) in [5.41, 5.74) is 0.546. The summed E-state index contributed by atoms with van der Waals surface area (Å²) in [6, 6.07) is 10.7. The number of halogens is 3. The highest BCUT2D eigenvalue weighted by atomic mass is 79.9. The van der Waals surface area contributed by atoms with E-state index in [9.17, 15) is 13.6 Å². The average molecular weight is 489 g/mol. The monoisotopic (exact) mass is 488 g/mol. The van der Waals surface area contributed by atoms with E-state index in [4.69, 9.17) is 10.1 Å². The van der Waals surface area contributed by atoms with E-state index < -0.39 is 22.9 Å². The molecule has 1 aliphatic rings. The Labute approximate surface area is 185 Å². The van der Waals surface area contributed by atoms with Crippen molar-refractivity contribution < 1.29 is 13.5 Å². The van der Waals surface area contributed by atoms with Crippen LogP contribution in [-0.2, 0) is 4.74 Å². The molecule has 0 saturated carbocycles. The van der Waals surface area contributed by atoms with Gasteiger partial charge < -0.3 is 19.9 Å². The first-order valence-corrected chi connectivity index (χ1v) is 10.4. The number of anilines is 3. The molecular formula is C22H19BrF2N4O2. The topological polar surface area (TPSA) is 81.2 Å². The molecule has 0 bridgehead atoms. The highest BCUT2D eigenvalue weighted by Gasteiger charge is 2.20. The van der Waals surface area contributed by atoms with E-state index in [1.165, 1.54) is 12.3 Å². The lowest BCUT2D eigenvalue weighted by Gasteiger charge is -2.29. The fourth-order valence-electron chi connectivity index (χ4n) is 3.41. The van der Waals surface area contributed by atoms with Crippen molar-refractivity contribution >= 4 is 38.7 Å². The predicted octanol–water partition coefficient (Wildman–Crippen LogP) is 4.41. The minimum Gasteiger partial charge on any atom is -0.378 e. The summed E-state index contributed by atoms with van der Waals surface area (Å²) < 4.78 is 34.1. The van der Waals surface area contributed by atoms with E-state index in [0.717, 1.165) is 30.9 Å². The zero-order valence-electron chi connectivity index (χ0n) is 16.3. The van der Waals surface area contributed by atoms with Gasteiger partial charge in [0.1, 0.15) is 17.3 Å². The summed E-state index contributed by atoms with van der Waals surface area (Å²) in [7, 11) is 0. The van der Waals surface area contributed by atoms with Gasteiger partial charge in [0.2, 0.25) is 0 Å². The molecule has 0 aliphatic carbocycles. The molecule has 1 aliphatic heterocycles. The minimum atomic E-state index is -0.806. The van der Waals surface area contributed by atoms with Gasteiger partial charge in [-0.05, 0) is 40.2 Å². The summed E-state index contributed by atoms with van der Waals surface area (Å²) in [4.78, 5) is 17.3. The smallest absolute Gasteiger partial charge is 0.259 e. The van der Waals surface area contributed by atoms with Crippen LogP contribution in [0, 0.1) is 17.0 Å². The van der Waals surface area contributed by atoms with Gasteiger partial charge in [-0.2, -0.15) is 0 Å². The first-order chi connectivity index (χ1) is 15.0. The van der Waals surface area contributed by atoms with Crippen LogP contribution in [0.5, 0.6) is 0 Å². The number of H-pyrrole nitrogens is 1. The minimum absolute atomic E-state index is 0.0313. The maximum Gasteiger partial charge on any atom is 0.259 e. The third kappa shape index (κ3) is 4.38. The number of nitrogens with one attached hydrogen (secondary N) is 3. The summed E-state index contributed by atoms with van der Waals surface area (Å²) >= 11 is 3.30. The molecule has 4 rings (SSSR count). The molecule has 2 heterocycles. The lowest BCUT2D eigenvalue weighted by molar-refractivity contribution is 0.122. The lowest BCUT2D eigenvalue weighted by atomic mass is 10.0. The molecule has 1 fully saturated rings. The van der Waals surface area contributed by atoms with Gasteiger partial charge in [0, 0.05) is 30.5 Å². The van der Waals surface area contributed by atoms with Crippen molar-refractivity contribution in [3.8, 4) is 0 Å². The Morgan fingerprint density at radius 1 is 1.06 bits per heavy atom. The second-order valence-corrected chi connectivity index (χ2v) is 7.81. The van der Waals surface area contributed by atoms with Gasteiger partial charge in [-0.15, -0.1) is 0 Å². The zero-order chi connectivity index (χ0) is 22.0. The van der Waals surface area contributed by atoms with Gasteiger partial charge in [0.15, 0.2) is 0 Å². The fraction of sp³-hybridized carbons (Fsp3) is 0.182. The van der Waals surface area contributed by atoms with E-state index >= 15 is 0 Å². The normalized spacial score (nSPS) is 13.8. The largest absolute Gasteiger partial charge is 0.378 e. The number of nitrogens with zero attached hydrogens (tertiary/aromatic N) is 1. The molecule has 1 aromatic heterocycles. The van der Waals surface area contributed by atoms with Crippen LogP contribution < -0.4 is 15.8 Å². The summed E-state index contributed by atoms with van der Waals surface area (Å²) in [6.07, 6.45) is 1.36. The standard InChI is InChI=1S/C22H19BrF2N4O2/c23-15-12-27-22(30)18(20(15)28-21-16(24)2-1-3-17(21)25)19(26)13-4-6-14(7-5-13)29-8-10-31-11-9-29/h1-7,12,26H,8-11H2,(H2,27,28,30). The van der Waals surface area contributed by atoms with E-state index in [1.54, 1.807) is 12.1 Å². The third-order valence-electron chi connectivity index (χ3n) is 5.04. The SMILES string of the molecule is N=C(c1ccc(N2CCOCC2)cc1)c1c(Nc2c(F)cccc2F)c(Br)c[nH]c1=O. The van der Waals surface area contributed by atoms with Gasteiger partial charge in [-0.25, -0.2) is 8.78 Å². The number of ether oxygens (including phenoxy) is 1. The maximum absolute atomic E-state index is 14.2. The second-order valence-electron chi connectivity index (χ2n) is 6.96. The molecular weight excluding hydrogens is 470 g/mol. The number of benzene rings is 2. The van der Waals surface area contributed by atoms with Crippen LogP contribution >= 0.6 is 15.9 Å². The van der Waals surface area contributed by atoms with E-state index in [0.29, 0.717) is 23.2 Å². The van der Waals surface area contributed by atoms with Crippen LogP contribution in [-0.4, -0.2) is 37.0 Å². The zero-order valence-corrected chi connectivity index (χ0v) is 17.9. The Morgan fingerprint density at radius 2 is 1.71 bits per heavy atom. The highest BCUT2D eigenvalue weighted by Crippen LogP contribution is 2.31. The van der Waals surface area contributed by atoms with Crippen LogP contribution in [0.2, 0.25) is 0 Å². The molecule has 1 saturated heterocycles. The third-order valence-corrected chi connectivity index (χ3v) is 5.67. The Kier molecular flexibility index (Phi) is 6.15. The molecule has 0 unspecified atom stereocenters. The number of pyridine rings is 1. The number of hydrogen-bond donors (Lipinski definition) is 3. The molecule has 31 heavy (non-hydrogen) atoms. The lowest BCUT2D eigenvalue weighted by Crippen LogP contribution is -2.36. The molecule has 3 aromatic rings. The van der Waals surface area contributed by atoms with E-state index in [1.807, 2.05) is 12.1 Å². The van der Waals surface area contributed by atoms with Crippen molar-refractivity contribution in [2.45, 2.75) is 0 Å². The molecule has 9 heteroatoms. The Bertz CT molecular complexity index is 1150. The van der Waals surface area contributed by atoms with Crippen molar-refractivity contribution in [2.75, 3.05) is 36.5 Å². The van der Waals surface area contributed by atoms with Crippen molar-refractivity contribution in [3.05, 3.63) is 86.2 Å². The number of para-hydroxylation sites is 1. The number of hydrogen-bond acceptors (Lipinski definition) is 5. The molecule has 0 atom stereocenters. The van der Waals surface area contributed by atoms with Crippen molar-refractivity contribution in [1.29, 1.82) is 5.41 Å². The number of rotatable bonds is 5. The Balaban J connectivity index is 1.70. The van der Waals surface area contributed by atoms with Crippen LogP contribution in [0.1, 0.15) is 11.1 Å². The average Bonchev–Trinajstić information content (AvgIpc) is 2.79. The van der Waals surface area contributed by atoms with Gasteiger partial charge >= 0.3 is 0 Å². The first-order valence-electron chi connectivity index (χ1n) is 9.60. The highest BCUT2D eigenvalue weighted by molar-refractivity contribution is 9.10. The van der Waals surface area contributed by atoms with Gasteiger partial charge in [0.05, 0.1) is 34.6 Å². The Morgan fingerprint density at radius 3 is 2.35 bits per heavy atom. The van der Waals surface area contributed by atoms with Crippen molar-refractivity contribution in [2.24, 2.45) is 0 Å². The molecule has 2 aromatic carbocycles. The van der Waals surface area contributed by atoms with Crippen LogP contribution in [0.4, 0.5) is 25.8 Å². The fourth-order valence-corrected chi connectivity index (χ4v) is 3.83. The molecule has 0 spiro atoms. The molecule has 3 N–H and O–H groups in total. The van der Waals surface area contributed by atoms with E-state index in [-0.39, 0.29) is 17.0 Å². The number of aromatic nitrogens is 1. The molecule has 6 nitrogen and oxygen atoms in total. The van der Waals surface area contributed by atoms with Gasteiger partial charge in [0.25, 0.3) is 5.56 Å². The summed E-state index contributed by atoms with van der Waals surface area (Å²) in [6.45, 7) is 2.88. The van der Waals surface area contributed by atoms with Crippen molar-refractivity contribution in [1.82, 2.24) is 4.98 Å². The predicted molar refractivity (Wildman–Crippen MR) is 120 cm³/mol. The van der Waals surface area contributed by atoms with Gasteiger partial charge in [-0.3, -0.25) is 10.2 Å². The van der Waals surface area contributed by atoms with Crippen LogP contribution in [0.15, 0.2) is 57.9 Å². The maximum atomic E-state index is 14.2. The van der Waals surface area contributed by atoms with Gasteiger partial charge in [-0.1, -0.05) is 18.2 Å². The first kappa shape index (κ1) is 21.2. The molecule has 0 radical (unpaired) electrons. The number of aromatic amines is 1. The molecule has 160 valence electrons. The van der Waals surface area contributed by atoms with Crippen LogP contribution in [0.25, 0.3) is 0 Å². The summed E-state index contributed by atoms with van der Waals surface area (Å²) in [5.74, 6) is -1.61. The second kappa shape index (κ2) is 8.99. The molecule has 0 amide bonds. The quantitative estimate of drug-likeness (QED) is 0.464. The van der Waals surface area contributed by atoms with E-state index in [2.05, 4.69) is 31.1 Å². The van der Waals surface area contributed by atoms with Crippen molar-refractivity contribution in [3.63, 3.8) is 0 Å².